The monoisotopic (exact) mass is 448 g/mol. The van der Waals surface area contributed by atoms with Crippen LogP contribution >= 0.6 is 0 Å². The standard InChI is InChI=1S/C25H28N4O4/c1-4-33-20-8-5-18(6-9-20)21-10-12-24(27-26-21)28-13-15-29(16-14-28)25(30)19-7-11-22(31-2)23(17-19)32-3/h5-12,17H,4,13-16H2,1-3H3. The molecule has 0 spiro atoms. The van der Waals surface area contributed by atoms with Crippen LogP contribution in [0, 0.1) is 0 Å². The van der Waals surface area contributed by atoms with E-state index in [-0.39, 0.29) is 5.91 Å². The highest BCUT2D eigenvalue weighted by Crippen LogP contribution is 2.28. The molecule has 8 heteroatoms. The third kappa shape index (κ3) is 5.00. The van der Waals surface area contributed by atoms with Gasteiger partial charge >= 0.3 is 0 Å². The van der Waals surface area contributed by atoms with Crippen LogP contribution in [0.5, 0.6) is 17.2 Å². The Balaban J connectivity index is 1.37. The van der Waals surface area contributed by atoms with Gasteiger partial charge in [-0.1, -0.05) is 0 Å². The van der Waals surface area contributed by atoms with Crippen LogP contribution < -0.4 is 19.1 Å². The van der Waals surface area contributed by atoms with E-state index in [1.807, 2.05) is 48.2 Å². The number of hydrogen-bond donors (Lipinski definition) is 0. The lowest BCUT2D eigenvalue weighted by atomic mass is 10.1. The van der Waals surface area contributed by atoms with E-state index in [1.165, 1.54) is 0 Å². The van der Waals surface area contributed by atoms with Crippen molar-refractivity contribution in [3.8, 4) is 28.5 Å². The minimum absolute atomic E-state index is 0.0208. The highest BCUT2D eigenvalue weighted by atomic mass is 16.5. The molecule has 0 saturated carbocycles. The van der Waals surface area contributed by atoms with Crippen LogP contribution in [-0.2, 0) is 0 Å². The average Bonchev–Trinajstić information content (AvgIpc) is 2.88. The number of aromatic nitrogens is 2. The molecule has 2 heterocycles. The number of rotatable bonds is 7. The maximum Gasteiger partial charge on any atom is 0.254 e. The van der Waals surface area contributed by atoms with Gasteiger partial charge in [0.15, 0.2) is 17.3 Å². The second-order valence-electron chi connectivity index (χ2n) is 7.58. The maximum atomic E-state index is 13.0. The quantitative estimate of drug-likeness (QED) is 0.547. The van der Waals surface area contributed by atoms with E-state index in [0.29, 0.717) is 49.8 Å². The van der Waals surface area contributed by atoms with E-state index in [2.05, 4.69) is 15.1 Å². The van der Waals surface area contributed by atoms with Crippen molar-refractivity contribution in [2.45, 2.75) is 6.92 Å². The van der Waals surface area contributed by atoms with Crippen LogP contribution in [0.2, 0.25) is 0 Å². The summed E-state index contributed by atoms with van der Waals surface area (Å²) < 4.78 is 16.1. The van der Waals surface area contributed by atoms with Crippen molar-refractivity contribution in [3.63, 3.8) is 0 Å². The zero-order chi connectivity index (χ0) is 23.2. The Morgan fingerprint density at radius 3 is 2.21 bits per heavy atom. The number of benzene rings is 2. The first-order chi connectivity index (χ1) is 16.1. The molecule has 8 nitrogen and oxygen atoms in total. The fourth-order valence-electron chi connectivity index (χ4n) is 3.83. The van der Waals surface area contributed by atoms with E-state index >= 15 is 0 Å². The van der Waals surface area contributed by atoms with Crippen LogP contribution in [0.15, 0.2) is 54.6 Å². The number of carbonyl (C=O) groups is 1. The fraction of sp³-hybridized carbons (Fsp3) is 0.320. The van der Waals surface area contributed by atoms with E-state index in [9.17, 15) is 4.79 Å². The Kier molecular flexibility index (Phi) is 6.92. The minimum atomic E-state index is -0.0208. The predicted octanol–water partition coefficient (Wildman–Crippen LogP) is 3.52. The van der Waals surface area contributed by atoms with Crippen LogP contribution in [-0.4, -0.2) is 68.0 Å². The van der Waals surface area contributed by atoms with Crippen molar-refractivity contribution in [2.24, 2.45) is 0 Å². The zero-order valence-electron chi connectivity index (χ0n) is 19.2. The summed E-state index contributed by atoms with van der Waals surface area (Å²) in [5, 5.41) is 8.82. The molecule has 0 atom stereocenters. The third-order valence-electron chi connectivity index (χ3n) is 5.63. The molecular weight excluding hydrogens is 420 g/mol. The summed E-state index contributed by atoms with van der Waals surface area (Å²) in [7, 11) is 3.14. The molecule has 4 rings (SSSR count). The second kappa shape index (κ2) is 10.2. The van der Waals surface area contributed by atoms with Crippen LogP contribution in [0.25, 0.3) is 11.3 Å². The van der Waals surface area contributed by atoms with Gasteiger partial charge in [-0.3, -0.25) is 4.79 Å². The Hall–Kier alpha value is -3.81. The SMILES string of the molecule is CCOc1ccc(-c2ccc(N3CCN(C(=O)c4ccc(OC)c(OC)c4)CC3)nn2)cc1. The maximum absolute atomic E-state index is 13.0. The number of methoxy groups -OCH3 is 2. The van der Waals surface area contributed by atoms with Gasteiger partial charge in [0.1, 0.15) is 5.75 Å². The number of hydrogen-bond acceptors (Lipinski definition) is 7. The molecule has 0 unspecified atom stereocenters. The molecule has 2 aromatic carbocycles. The van der Waals surface area contributed by atoms with Crippen LogP contribution in [0.1, 0.15) is 17.3 Å². The van der Waals surface area contributed by atoms with Gasteiger partial charge < -0.3 is 24.0 Å². The average molecular weight is 449 g/mol. The molecule has 172 valence electrons. The Morgan fingerprint density at radius 2 is 1.61 bits per heavy atom. The third-order valence-corrected chi connectivity index (χ3v) is 5.63. The summed E-state index contributed by atoms with van der Waals surface area (Å²) in [6.45, 7) is 5.20. The zero-order valence-corrected chi connectivity index (χ0v) is 19.2. The molecule has 3 aromatic rings. The molecule has 1 amide bonds. The van der Waals surface area contributed by atoms with Crippen molar-refractivity contribution in [1.82, 2.24) is 15.1 Å². The predicted molar refractivity (Wildman–Crippen MR) is 126 cm³/mol. The molecule has 1 saturated heterocycles. The highest BCUT2D eigenvalue weighted by Gasteiger charge is 2.24. The molecule has 0 bridgehead atoms. The number of nitrogens with zero attached hydrogens (tertiary/aromatic N) is 4. The van der Waals surface area contributed by atoms with Crippen molar-refractivity contribution < 1.29 is 19.0 Å². The summed E-state index contributed by atoms with van der Waals surface area (Å²) in [5.41, 5.74) is 2.38. The number of carbonyl (C=O) groups excluding carboxylic acids is 1. The summed E-state index contributed by atoms with van der Waals surface area (Å²) >= 11 is 0. The van der Waals surface area contributed by atoms with Crippen LogP contribution in [0.4, 0.5) is 5.82 Å². The molecule has 0 N–H and O–H groups in total. The smallest absolute Gasteiger partial charge is 0.254 e. The van der Waals surface area contributed by atoms with Crippen LogP contribution in [0.3, 0.4) is 0 Å². The largest absolute Gasteiger partial charge is 0.494 e. The van der Waals surface area contributed by atoms with Crippen molar-refractivity contribution in [3.05, 3.63) is 60.2 Å². The van der Waals surface area contributed by atoms with Crippen molar-refractivity contribution in [1.29, 1.82) is 0 Å². The molecule has 33 heavy (non-hydrogen) atoms. The van der Waals surface area contributed by atoms with Gasteiger partial charge in [0.25, 0.3) is 5.91 Å². The number of anilines is 1. The lowest BCUT2D eigenvalue weighted by molar-refractivity contribution is 0.0746. The van der Waals surface area contributed by atoms with Gasteiger partial charge in [0, 0.05) is 37.3 Å². The first-order valence-corrected chi connectivity index (χ1v) is 11.0. The normalized spacial score (nSPS) is 13.5. The highest BCUT2D eigenvalue weighted by molar-refractivity contribution is 5.95. The Bertz CT molecular complexity index is 1080. The van der Waals surface area contributed by atoms with Gasteiger partial charge in [-0.25, -0.2) is 0 Å². The molecule has 1 aliphatic heterocycles. The summed E-state index contributed by atoms with van der Waals surface area (Å²) in [5.74, 6) is 2.78. The first kappa shape index (κ1) is 22.4. The van der Waals surface area contributed by atoms with Gasteiger partial charge in [-0.2, -0.15) is 0 Å². The fourth-order valence-corrected chi connectivity index (χ4v) is 3.83. The summed E-state index contributed by atoms with van der Waals surface area (Å²) in [6.07, 6.45) is 0. The lowest BCUT2D eigenvalue weighted by Gasteiger charge is -2.35. The van der Waals surface area contributed by atoms with Gasteiger partial charge in [0.05, 0.1) is 26.5 Å². The van der Waals surface area contributed by atoms with E-state index in [1.54, 1.807) is 32.4 Å². The topological polar surface area (TPSA) is 77.0 Å². The van der Waals surface area contributed by atoms with Crippen molar-refractivity contribution >= 4 is 11.7 Å². The number of amides is 1. The van der Waals surface area contributed by atoms with Gasteiger partial charge in [-0.15, -0.1) is 10.2 Å². The first-order valence-electron chi connectivity index (χ1n) is 11.0. The molecular formula is C25H28N4O4. The van der Waals surface area contributed by atoms with E-state index < -0.39 is 0 Å². The minimum Gasteiger partial charge on any atom is -0.494 e. The summed E-state index contributed by atoms with van der Waals surface area (Å²) in [4.78, 5) is 16.9. The van der Waals surface area contributed by atoms with Gasteiger partial charge in [0.2, 0.25) is 0 Å². The van der Waals surface area contributed by atoms with Gasteiger partial charge in [-0.05, 0) is 61.5 Å². The Morgan fingerprint density at radius 1 is 0.879 bits per heavy atom. The molecule has 1 aromatic heterocycles. The number of ether oxygens (including phenoxy) is 3. The molecule has 1 fully saturated rings. The number of piperazine rings is 1. The molecule has 0 radical (unpaired) electrons. The second-order valence-corrected chi connectivity index (χ2v) is 7.58. The van der Waals surface area contributed by atoms with E-state index in [0.717, 1.165) is 22.8 Å². The summed E-state index contributed by atoms with van der Waals surface area (Å²) in [6, 6.07) is 17.0. The van der Waals surface area contributed by atoms with E-state index in [4.69, 9.17) is 14.2 Å². The molecule has 0 aliphatic carbocycles. The lowest BCUT2D eigenvalue weighted by Crippen LogP contribution is -2.49. The molecule has 1 aliphatic rings. The van der Waals surface area contributed by atoms with Crippen molar-refractivity contribution in [2.75, 3.05) is 51.9 Å². The Labute approximate surface area is 193 Å².